The Bertz CT molecular complexity index is 1990. The van der Waals surface area contributed by atoms with Crippen molar-refractivity contribution in [1.29, 1.82) is 0 Å². The van der Waals surface area contributed by atoms with Crippen LogP contribution in [0.25, 0.3) is 77.2 Å². The van der Waals surface area contributed by atoms with E-state index in [2.05, 4.69) is 146 Å². The molecule has 0 radical (unpaired) electrons. The van der Waals surface area contributed by atoms with E-state index in [1.165, 1.54) is 77.2 Å². The zero-order valence-corrected chi connectivity index (χ0v) is 20.9. The maximum atomic E-state index is 2.45. The van der Waals surface area contributed by atoms with Crippen molar-refractivity contribution in [3.63, 3.8) is 0 Å². The Balaban J connectivity index is 1.61. The molecule has 1 aliphatic rings. The van der Waals surface area contributed by atoms with E-state index in [0.29, 0.717) is 0 Å². The van der Waals surface area contributed by atoms with Crippen molar-refractivity contribution in [2.75, 3.05) is 0 Å². The molecule has 8 rings (SSSR count). The second-order valence-corrected chi connectivity index (χ2v) is 10.1. The van der Waals surface area contributed by atoms with Gasteiger partial charge in [-0.15, -0.1) is 0 Å². The molecule has 0 heteroatoms. The minimum absolute atomic E-state index is 1.25. The van der Waals surface area contributed by atoms with Crippen molar-refractivity contribution in [2.24, 2.45) is 0 Å². The van der Waals surface area contributed by atoms with Gasteiger partial charge in [-0.3, -0.25) is 0 Å². The van der Waals surface area contributed by atoms with Gasteiger partial charge in [-0.05, 0) is 83.2 Å². The molecule has 7 aromatic carbocycles. The molecule has 0 amide bonds. The lowest BCUT2D eigenvalue weighted by Gasteiger charge is -2.21. The highest BCUT2D eigenvalue weighted by Crippen LogP contribution is 2.57. The van der Waals surface area contributed by atoms with Crippen molar-refractivity contribution in [2.45, 2.75) is 0 Å². The monoisotopic (exact) mass is 480 g/mol. The first-order chi connectivity index (χ1) is 18.9. The number of hydrogen-bond acceptors (Lipinski definition) is 0. The quantitative estimate of drug-likeness (QED) is 0.236. The third-order valence-electron chi connectivity index (χ3n) is 8.00. The van der Waals surface area contributed by atoms with Gasteiger partial charge >= 0.3 is 0 Å². The van der Waals surface area contributed by atoms with Crippen molar-refractivity contribution in [1.82, 2.24) is 0 Å². The summed E-state index contributed by atoms with van der Waals surface area (Å²) in [4.78, 5) is 0. The molecule has 0 saturated heterocycles. The molecule has 0 aliphatic heterocycles. The minimum Gasteiger partial charge on any atom is -0.0622 e. The van der Waals surface area contributed by atoms with Crippen molar-refractivity contribution < 1.29 is 0 Å². The Morgan fingerprint density at radius 1 is 0.289 bits per heavy atom. The van der Waals surface area contributed by atoms with Gasteiger partial charge < -0.3 is 0 Å². The molecule has 38 heavy (non-hydrogen) atoms. The first kappa shape index (κ1) is 21.2. The van der Waals surface area contributed by atoms with Crippen molar-refractivity contribution >= 4 is 21.5 Å². The standard InChI is InChI=1S/C38H24/c1-3-12-26(13-4-1)33-24-34(30-21-9-17-25-14-7-8-20-29(25)30)36(28-15-5-2-6-16-28)38-32-23-11-19-27-18-10-22-31(35(27)32)37(33)38/h1-24H. The fraction of sp³-hybridized carbons (Fsp3) is 0. The summed E-state index contributed by atoms with van der Waals surface area (Å²) >= 11 is 0. The lowest BCUT2D eigenvalue weighted by molar-refractivity contribution is 1.57. The van der Waals surface area contributed by atoms with Gasteiger partial charge in [0.25, 0.3) is 0 Å². The largest absolute Gasteiger partial charge is 0.0622 e. The number of rotatable bonds is 3. The number of hydrogen-bond donors (Lipinski definition) is 0. The van der Waals surface area contributed by atoms with Crippen molar-refractivity contribution in [3.05, 3.63) is 146 Å². The summed E-state index contributed by atoms with van der Waals surface area (Å²) in [6.45, 7) is 0. The summed E-state index contributed by atoms with van der Waals surface area (Å²) in [6, 6.07) is 53.2. The lowest BCUT2D eigenvalue weighted by atomic mass is 9.81. The maximum absolute atomic E-state index is 2.45. The van der Waals surface area contributed by atoms with Crippen LogP contribution in [0, 0.1) is 0 Å². The van der Waals surface area contributed by atoms with E-state index in [4.69, 9.17) is 0 Å². The Morgan fingerprint density at radius 2 is 0.842 bits per heavy atom. The molecule has 0 heterocycles. The first-order valence-corrected chi connectivity index (χ1v) is 13.2. The van der Waals surface area contributed by atoms with E-state index in [1.54, 1.807) is 0 Å². The third-order valence-corrected chi connectivity index (χ3v) is 8.00. The summed E-state index contributed by atoms with van der Waals surface area (Å²) < 4.78 is 0. The fourth-order valence-corrected chi connectivity index (χ4v) is 6.41. The van der Waals surface area contributed by atoms with Gasteiger partial charge in [-0.2, -0.15) is 0 Å². The molecule has 0 bridgehead atoms. The third kappa shape index (κ3) is 3.04. The molecule has 0 fully saturated rings. The summed E-state index contributed by atoms with van der Waals surface area (Å²) in [5.74, 6) is 0. The van der Waals surface area contributed by atoms with E-state index in [1.807, 2.05) is 0 Å². The van der Waals surface area contributed by atoms with E-state index < -0.39 is 0 Å². The average molecular weight is 481 g/mol. The Hall–Kier alpha value is -4.94. The van der Waals surface area contributed by atoms with Gasteiger partial charge in [0.15, 0.2) is 0 Å². The summed E-state index contributed by atoms with van der Waals surface area (Å²) in [5, 5.41) is 5.19. The van der Waals surface area contributed by atoms with Crippen LogP contribution in [0.15, 0.2) is 146 Å². The van der Waals surface area contributed by atoms with Crippen LogP contribution in [0.1, 0.15) is 0 Å². The van der Waals surface area contributed by atoms with Gasteiger partial charge in [0, 0.05) is 0 Å². The smallest absolute Gasteiger partial charge is 0.000763 e. The fourth-order valence-electron chi connectivity index (χ4n) is 6.41. The van der Waals surface area contributed by atoms with E-state index in [0.717, 1.165) is 0 Å². The zero-order valence-electron chi connectivity index (χ0n) is 20.9. The summed E-state index contributed by atoms with van der Waals surface area (Å²) in [5.41, 5.74) is 13.0. The molecule has 0 spiro atoms. The van der Waals surface area contributed by atoms with Crippen LogP contribution in [0.4, 0.5) is 0 Å². The van der Waals surface area contributed by atoms with Crippen LogP contribution >= 0.6 is 0 Å². The van der Waals surface area contributed by atoms with Gasteiger partial charge in [0.2, 0.25) is 0 Å². The second-order valence-electron chi connectivity index (χ2n) is 10.1. The normalized spacial score (nSPS) is 11.7. The average Bonchev–Trinajstić information content (AvgIpc) is 3.33. The topological polar surface area (TPSA) is 0 Å². The molecular formula is C38H24. The summed E-state index contributed by atoms with van der Waals surface area (Å²) in [7, 11) is 0. The van der Waals surface area contributed by atoms with Gasteiger partial charge in [0.05, 0.1) is 0 Å². The highest BCUT2D eigenvalue weighted by molar-refractivity contribution is 6.23. The van der Waals surface area contributed by atoms with Crippen LogP contribution in [-0.4, -0.2) is 0 Å². The molecule has 0 unspecified atom stereocenters. The lowest BCUT2D eigenvalue weighted by Crippen LogP contribution is -1.95. The molecule has 0 atom stereocenters. The molecular weight excluding hydrogens is 456 g/mol. The number of benzene rings is 7. The molecule has 0 aromatic heterocycles. The molecule has 0 N–H and O–H groups in total. The Kier molecular flexibility index (Phi) is 4.62. The van der Waals surface area contributed by atoms with Crippen LogP contribution in [0.3, 0.4) is 0 Å². The van der Waals surface area contributed by atoms with Crippen LogP contribution in [0.2, 0.25) is 0 Å². The van der Waals surface area contributed by atoms with Crippen LogP contribution in [-0.2, 0) is 0 Å². The molecule has 7 aromatic rings. The zero-order chi connectivity index (χ0) is 25.1. The van der Waals surface area contributed by atoms with E-state index in [9.17, 15) is 0 Å². The highest BCUT2D eigenvalue weighted by atomic mass is 14.3. The highest BCUT2D eigenvalue weighted by Gasteiger charge is 2.30. The van der Waals surface area contributed by atoms with E-state index in [-0.39, 0.29) is 0 Å². The van der Waals surface area contributed by atoms with E-state index >= 15 is 0 Å². The first-order valence-electron chi connectivity index (χ1n) is 13.2. The predicted octanol–water partition coefficient (Wildman–Crippen LogP) is 10.6. The molecule has 1 aliphatic carbocycles. The SMILES string of the molecule is c1ccc(-c2cc(-c3cccc4ccccc34)c(-c3ccccc3)c3c2-c2cccc4cccc-3c24)cc1. The Labute approximate surface area is 222 Å². The van der Waals surface area contributed by atoms with Gasteiger partial charge in [-0.25, -0.2) is 0 Å². The second kappa shape index (κ2) is 8.30. The predicted molar refractivity (Wildman–Crippen MR) is 162 cm³/mol. The maximum Gasteiger partial charge on any atom is -0.000763 e. The van der Waals surface area contributed by atoms with Crippen LogP contribution in [0.5, 0.6) is 0 Å². The molecule has 0 nitrogen and oxygen atoms in total. The minimum atomic E-state index is 1.25. The summed E-state index contributed by atoms with van der Waals surface area (Å²) in [6.07, 6.45) is 0. The molecule has 176 valence electrons. The van der Waals surface area contributed by atoms with Crippen LogP contribution < -0.4 is 0 Å². The molecule has 0 saturated carbocycles. The number of fused-ring (bicyclic) bond motifs is 4. The van der Waals surface area contributed by atoms with Crippen molar-refractivity contribution in [3.8, 4) is 55.6 Å². The van der Waals surface area contributed by atoms with Gasteiger partial charge in [0.1, 0.15) is 0 Å². The van der Waals surface area contributed by atoms with Gasteiger partial charge in [-0.1, -0.05) is 140 Å². The Morgan fingerprint density at radius 3 is 1.58 bits per heavy atom.